The van der Waals surface area contributed by atoms with Crippen LogP contribution in [-0.2, 0) is 16.9 Å². The van der Waals surface area contributed by atoms with E-state index in [1.54, 1.807) is 29.0 Å². The smallest absolute Gasteiger partial charge is 0.233 e. The Labute approximate surface area is 127 Å². The van der Waals surface area contributed by atoms with Gasteiger partial charge < -0.3 is 9.32 Å². The van der Waals surface area contributed by atoms with Crippen LogP contribution in [0, 0.1) is 0 Å². The normalized spacial score (nSPS) is 11.6. The van der Waals surface area contributed by atoms with Gasteiger partial charge >= 0.3 is 0 Å². The van der Waals surface area contributed by atoms with Crippen LogP contribution in [0.3, 0.4) is 0 Å². The lowest BCUT2D eigenvalue weighted by molar-refractivity contribution is -0.127. The molecule has 7 nitrogen and oxygen atoms in total. The van der Waals surface area contributed by atoms with Crippen molar-refractivity contribution in [2.45, 2.75) is 38.0 Å². The van der Waals surface area contributed by atoms with Gasteiger partial charge in [-0.1, -0.05) is 11.8 Å². The van der Waals surface area contributed by atoms with Crippen LogP contribution in [0.15, 0.2) is 28.0 Å². The van der Waals surface area contributed by atoms with Crippen LogP contribution in [0.25, 0.3) is 0 Å². The molecule has 2 aromatic heterocycles. The first kappa shape index (κ1) is 15.6. The maximum Gasteiger partial charge on any atom is 0.233 e. The number of tetrazole rings is 1. The van der Waals surface area contributed by atoms with E-state index < -0.39 is 0 Å². The van der Waals surface area contributed by atoms with Crippen molar-refractivity contribution < 1.29 is 9.21 Å². The topological polar surface area (TPSA) is 77.1 Å². The maximum atomic E-state index is 12.1. The molecule has 0 bridgehead atoms. The van der Waals surface area contributed by atoms with Crippen LogP contribution in [0.1, 0.15) is 26.5 Å². The standard InChI is InChI=1S/C13H19N5O2S/c1-13(2,3)18-12(14-15-16-18)21-9-11(19)17(4)8-10-6-5-7-20-10/h5-7H,8-9H2,1-4H3. The van der Waals surface area contributed by atoms with E-state index in [0.717, 1.165) is 5.76 Å². The molecule has 1 amide bonds. The summed E-state index contributed by atoms with van der Waals surface area (Å²) in [5, 5.41) is 12.2. The molecule has 0 saturated heterocycles. The molecule has 0 atom stereocenters. The van der Waals surface area contributed by atoms with Crippen LogP contribution in [0.5, 0.6) is 0 Å². The van der Waals surface area contributed by atoms with E-state index in [2.05, 4.69) is 15.5 Å². The predicted octanol–water partition coefficient (Wildman–Crippen LogP) is 1.77. The van der Waals surface area contributed by atoms with Gasteiger partial charge in [-0.05, 0) is 43.3 Å². The summed E-state index contributed by atoms with van der Waals surface area (Å²) in [5.74, 6) is 1.04. The zero-order valence-electron chi connectivity index (χ0n) is 12.6. The predicted molar refractivity (Wildman–Crippen MR) is 78.7 cm³/mol. The Morgan fingerprint density at radius 2 is 2.24 bits per heavy atom. The van der Waals surface area contributed by atoms with Crippen LogP contribution in [0.2, 0.25) is 0 Å². The summed E-state index contributed by atoms with van der Waals surface area (Å²) < 4.78 is 6.95. The minimum absolute atomic E-state index is 0.000130. The van der Waals surface area contributed by atoms with Crippen LogP contribution < -0.4 is 0 Å². The summed E-state index contributed by atoms with van der Waals surface area (Å²) in [4.78, 5) is 13.7. The fourth-order valence-corrected chi connectivity index (χ4v) is 2.65. The minimum Gasteiger partial charge on any atom is -0.467 e. The molecule has 0 saturated carbocycles. The van der Waals surface area contributed by atoms with Crippen molar-refractivity contribution in [3.05, 3.63) is 24.2 Å². The minimum atomic E-state index is -0.213. The number of nitrogens with zero attached hydrogens (tertiary/aromatic N) is 5. The first-order valence-corrected chi connectivity index (χ1v) is 7.54. The van der Waals surface area contributed by atoms with Crippen molar-refractivity contribution in [3.63, 3.8) is 0 Å². The van der Waals surface area contributed by atoms with Gasteiger partial charge in [-0.25, -0.2) is 4.68 Å². The number of amides is 1. The highest BCUT2D eigenvalue weighted by Gasteiger charge is 2.21. The van der Waals surface area contributed by atoms with Crippen LogP contribution >= 0.6 is 11.8 Å². The molecule has 0 aromatic carbocycles. The SMILES string of the molecule is CN(Cc1ccco1)C(=O)CSc1nnnn1C(C)(C)C. The van der Waals surface area contributed by atoms with E-state index in [1.807, 2.05) is 26.8 Å². The molecular formula is C13H19N5O2S. The Bertz CT molecular complexity index is 588. The Morgan fingerprint density at radius 3 is 2.86 bits per heavy atom. The third-order valence-electron chi connectivity index (χ3n) is 2.80. The quantitative estimate of drug-likeness (QED) is 0.783. The van der Waals surface area contributed by atoms with Gasteiger partial charge in [0.15, 0.2) is 0 Å². The Hall–Kier alpha value is -1.83. The van der Waals surface area contributed by atoms with Crippen molar-refractivity contribution in [2.24, 2.45) is 0 Å². The Morgan fingerprint density at radius 1 is 1.48 bits per heavy atom. The molecule has 0 spiro atoms. The lowest BCUT2D eigenvalue weighted by Crippen LogP contribution is -2.28. The summed E-state index contributed by atoms with van der Waals surface area (Å²) in [6, 6.07) is 3.65. The highest BCUT2D eigenvalue weighted by Crippen LogP contribution is 2.21. The molecular weight excluding hydrogens is 290 g/mol. The van der Waals surface area contributed by atoms with E-state index in [9.17, 15) is 4.79 Å². The Kier molecular flexibility index (Phi) is 4.66. The maximum absolute atomic E-state index is 12.1. The molecule has 2 rings (SSSR count). The van der Waals surface area contributed by atoms with Crippen molar-refractivity contribution in [1.29, 1.82) is 0 Å². The fraction of sp³-hybridized carbons (Fsp3) is 0.538. The average molecular weight is 309 g/mol. The molecule has 2 heterocycles. The molecule has 0 aliphatic carbocycles. The molecule has 0 fully saturated rings. The van der Waals surface area contributed by atoms with Crippen molar-refractivity contribution in [1.82, 2.24) is 25.1 Å². The number of aromatic nitrogens is 4. The highest BCUT2D eigenvalue weighted by atomic mass is 32.2. The van der Waals surface area contributed by atoms with Crippen molar-refractivity contribution in [2.75, 3.05) is 12.8 Å². The number of thioether (sulfide) groups is 1. The summed E-state index contributed by atoms with van der Waals surface area (Å²) in [7, 11) is 1.75. The first-order chi connectivity index (χ1) is 9.88. The average Bonchev–Trinajstić information content (AvgIpc) is 3.05. The fourth-order valence-electron chi connectivity index (χ4n) is 1.65. The number of furan rings is 1. The lowest BCUT2D eigenvalue weighted by Gasteiger charge is -2.20. The molecule has 0 N–H and O–H groups in total. The first-order valence-electron chi connectivity index (χ1n) is 6.56. The largest absolute Gasteiger partial charge is 0.467 e. The molecule has 114 valence electrons. The third kappa shape index (κ3) is 4.07. The second kappa shape index (κ2) is 6.30. The van der Waals surface area contributed by atoms with Gasteiger partial charge in [-0.2, -0.15) is 0 Å². The van der Waals surface area contributed by atoms with Crippen molar-refractivity contribution >= 4 is 17.7 Å². The van der Waals surface area contributed by atoms with Gasteiger partial charge in [0.05, 0.1) is 24.1 Å². The van der Waals surface area contributed by atoms with Gasteiger partial charge in [0.2, 0.25) is 11.1 Å². The van der Waals surface area contributed by atoms with Crippen LogP contribution in [-0.4, -0.2) is 43.8 Å². The second-order valence-electron chi connectivity index (χ2n) is 5.66. The molecule has 0 aliphatic heterocycles. The molecule has 21 heavy (non-hydrogen) atoms. The zero-order chi connectivity index (χ0) is 15.5. The molecule has 2 aromatic rings. The van der Waals surface area contributed by atoms with E-state index in [1.165, 1.54) is 11.8 Å². The lowest BCUT2D eigenvalue weighted by atomic mass is 10.1. The third-order valence-corrected chi connectivity index (χ3v) is 3.70. The monoisotopic (exact) mass is 309 g/mol. The van der Waals surface area contributed by atoms with E-state index in [-0.39, 0.29) is 17.2 Å². The number of carbonyl (C=O) groups is 1. The number of carbonyl (C=O) groups excluding carboxylic acids is 1. The second-order valence-corrected chi connectivity index (χ2v) is 6.60. The van der Waals surface area contributed by atoms with Gasteiger partial charge in [0.25, 0.3) is 0 Å². The number of hydrogen-bond acceptors (Lipinski definition) is 6. The van der Waals surface area contributed by atoms with Gasteiger partial charge in [0, 0.05) is 7.05 Å². The number of hydrogen-bond donors (Lipinski definition) is 0. The summed E-state index contributed by atoms with van der Waals surface area (Å²) in [5.41, 5.74) is -0.213. The number of rotatable bonds is 5. The summed E-state index contributed by atoms with van der Waals surface area (Å²) in [6.07, 6.45) is 1.60. The zero-order valence-corrected chi connectivity index (χ0v) is 13.4. The van der Waals surface area contributed by atoms with Crippen molar-refractivity contribution in [3.8, 4) is 0 Å². The van der Waals surface area contributed by atoms with Gasteiger partial charge in [-0.3, -0.25) is 4.79 Å². The molecule has 0 unspecified atom stereocenters. The molecule has 8 heteroatoms. The van der Waals surface area contributed by atoms with Crippen LogP contribution in [0.4, 0.5) is 0 Å². The summed E-state index contributed by atoms with van der Waals surface area (Å²) in [6.45, 7) is 6.49. The van der Waals surface area contributed by atoms with E-state index in [0.29, 0.717) is 11.7 Å². The summed E-state index contributed by atoms with van der Waals surface area (Å²) >= 11 is 1.33. The molecule has 0 radical (unpaired) electrons. The van der Waals surface area contributed by atoms with Gasteiger partial charge in [-0.15, -0.1) is 5.10 Å². The molecule has 0 aliphatic rings. The highest BCUT2D eigenvalue weighted by molar-refractivity contribution is 7.99. The van der Waals surface area contributed by atoms with E-state index in [4.69, 9.17) is 4.42 Å². The Balaban J connectivity index is 1.91. The van der Waals surface area contributed by atoms with E-state index >= 15 is 0 Å². The van der Waals surface area contributed by atoms with Gasteiger partial charge in [0.1, 0.15) is 5.76 Å².